The third-order valence-corrected chi connectivity index (χ3v) is 7.76. The molecule has 6 nitrogen and oxygen atoms in total. The van der Waals surface area contributed by atoms with Gasteiger partial charge in [0, 0.05) is 33.5 Å². The molecule has 0 saturated carbocycles. The highest BCUT2D eigenvalue weighted by Gasteiger charge is 2.33. The molecule has 1 unspecified atom stereocenters. The third kappa shape index (κ3) is 3.76. The van der Waals surface area contributed by atoms with Gasteiger partial charge in [0.1, 0.15) is 0 Å². The number of carbonyl (C=O) groups excluding carboxylic acids is 2. The van der Waals surface area contributed by atoms with E-state index in [1.54, 1.807) is 19.9 Å². The second-order valence-corrected chi connectivity index (χ2v) is 10.6. The molecule has 1 aliphatic heterocycles. The monoisotopic (exact) mass is 503 g/mol. The molecule has 6 heteroatoms. The summed E-state index contributed by atoms with van der Waals surface area (Å²) in [5.41, 5.74) is 13.1. The van der Waals surface area contributed by atoms with E-state index in [9.17, 15) is 14.7 Å². The summed E-state index contributed by atoms with van der Waals surface area (Å²) >= 11 is 0. The van der Waals surface area contributed by atoms with E-state index in [1.165, 1.54) is 0 Å². The van der Waals surface area contributed by atoms with Gasteiger partial charge in [-0.15, -0.1) is 0 Å². The molecule has 6 rings (SSSR count). The van der Waals surface area contributed by atoms with Gasteiger partial charge in [-0.25, -0.2) is 0 Å². The van der Waals surface area contributed by atoms with Crippen LogP contribution in [0.25, 0.3) is 39.0 Å². The Morgan fingerprint density at radius 1 is 1.13 bits per heavy atom. The van der Waals surface area contributed by atoms with E-state index in [2.05, 4.69) is 29.4 Å². The van der Waals surface area contributed by atoms with Crippen molar-refractivity contribution < 1.29 is 14.7 Å². The Morgan fingerprint density at radius 3 is 2.71 bits per heavy atom. The Bertz CT molecular complexity index is 1760. The number of benzene rings is 3. The molecule has 0 radical (unpaired) electrons. The molecule has 3 aromatic carbocycles. The van der Waals surface area contributed by atoms with Gasteiger partial charge in [-0.1, -0.05) is 48.6 Å². The minimum Gasteiger partial charge on any atom is -0.386 e. The summed E-state index contributed by atoms with van der Waals surface area (Å²) < 4.78 is 0. The van der Waals surface area contributed by atoms with Crippen molar-refractivity contribution in [1.82, 2.24) is 10.3 Å². The van der Waals surface area contributed by atoms with Crippen LogP contribution in [0.2, 0.25) is 0 Å². The van der Waals surface area contributed by atoms with Crippen LogP contribution in [0.3, 0.4) is 0 Å². The molecule has 1 atom stereocenters. The van der Waals surface area contributed by atoms with Gasteiger partial charge in [0.05, 0.1) is 16.7 Å². The largest absolute Gasteiger partial charge is 0.386 e. The standard InChI is InChI=1S/C32H29N3O3/c1-17-18(15-25-21-8-4-5-10-26(21)35-31(25)37)7-6-9-20(17)22-13-14-24(30(33)36)29-28(22)23-12-11-19(32(2,3)38)16-27(23)34-29/h4-7,9-16,21,34,38H,8H2,1-3H3,(H2,33,36)(H,35,37). The van der Waals surface area contributed by atoms with Crippen molar-refractivity contribution in [2.75, 3.05) is 0 Å². The zero-order valence-corrected chi connectivity index (χ0v) is 21.6. The number of carbonyl (C=O) groups is 2. The molecule has 2 heterocycles. The Hall–Kier alpha value is -4.42. The van der Waals surface area contributed by atoms with Gasteiger partial charge in [-0.2, -0.15) is 0 Å². The first-order valence-corrected chi connectivity index (χ1v) is 12.7. The van der Waals surface area contributed by atoms with Gasteiger partial charge in [-0.3, -0.25) is 9.59 Å². The van der Waals surface area contributed by atoms with Crippen LogP contribution in [0.4, 0.5) is 0 Å². The van der Waals surface area contributed by atoms with E-state index in [1.807, 2.05) is 54.6 Å². The lowest BCUT2D eigenvalue weighted by Crippen LogP contribution is -2.14. The number of primary amides is 1. The number of aromatic amines is 1. The molecule has 38 heavy (non-hydrogen) atoms. The quantitative estimate of drug-likeness (QED) is 0.272. The molecule has 190 valence electrons. The molecule has 1 aliphatic carbocycles. The van der Waals surface area contributed by atoms with Crippen LogP contribution in [0.5, 0.6) is 0 Å². The van der Waals surface area contributed by atoms with E-state index in [0.29, 0.717) is 11.1 Å². The first kappa shape index (κ1) is 23.9. The summed E-state index contributed by atoms with van der Waals surface area (Å²) in [5, 5.41) is 15.4. The van der Waals surface area contributed by atoms with E-state index in [0.717, 1.165) is 61.8 Å². The van der Waals surface area contributed by atoms with Gasteiger partial charge in [-0.05, 0) is 79.3 Å². The minimum absolute atomic E-state index is 0.0516. The molecule has 2 aliphatic rings. The number of fused-ring (bicyclic) bond motifs is 4. The van der Waals surface area contributed by atoms with E-state index >= 15 is 0 Å². The second-order valence-electron chi connectivity index (χ2n) is 10.6. The van der Waals surface area contributed by atoms with Gasteiger partial charge in [0.25, 0.3) is 11.8 Å². The lowest BCUT2D eigenvalue weighted by atomic mass is 9.88. The summed E-state index contributed by atoms with van der Waals surface area (Å²) in [6.07, 6.45) is 8.83. The Balaban J connectivity index is 1.56. The van der Waals surface area contributed by atoms with Gasteiger partial charge in [0.2, 0.25) is 0 Å². The number of nitrogens with two attached hydrogens (primary N) is 1. The Morgan fingerprint density at radius 2 is 1.95 bits per heavy atom. The number of hydrogen-bond acceptors (Lipinski definition) is 3. The number of nitrogens with one attached hydrogen (secondary N) is 2. The Kier molecular flexibility index (Phi) is 5.40. The summed E-state index contributed by atoms with van der Waals surface area (Å²) in [5.74, 6) is -0.512. The number of aromatic nitrogens is 1. The molecule has 5 N–H and O–H groups in total. The molecule has 1 fully saturated rings. The highest BCUT2D eigenvalue weighted by molar-refractivity contribution is 6.20. The number of hydrogen-bond donors (Lipinski definition) is 4. The van der Waals surface area contributed by atoms with Crippen LogP contribution in [-0.2, 0) is 10.4 Å². The molecule has 4 aromatic rings. The van der Waals surface area contributed by atoms with Crippen molar-refractivity contribution in [1.29, 1.82) is 0 Å². The normalized spacial score (nSPS) is 18.2. The molecular formula is C32H29N3O3. The summed E-state index contributed by atoms with van der Waals surface area (Å²) in [6, 6.07) is 15.6. The first-order chi connectivity index (χ1) is 18.1. The van der Waals surface area contributed by atoms with E-state index in [4.69, 9.17) is 5.73 Å². The van der Waals surface area contributed by atoms with Gasteiger partial charge < -0.3 is 21.1 Å². The predicted octanol–water partition coefficient (Wildman–Crippen LogP) is 5.60. The van der Waals surface area contributed by atoms with E-state index in [-0.39, 0.29) is 11.8 Å². The van der Waals surface area contributed by atoms with Gasteiger partial charge in [0.15, 0.2) is 0 Å². The SMILES string of the molecule is Cc1c(C=C2C(=O)NC3=CC=CCC32)cccc1-c1ccc(C(N)=O)c2[nH]c3cc(C(C)(C)O)ccc3c12. The summed E-state index contributed by atoms with van der Waals surface area (Å²) in [6.45, 7) is 5.54. The average molecular weight is 504 g/mol. The fraction of sp³-hybridized carbons (Fsp3) is 0.188. The lowest BCUT2D eigenvalue weighted by molar-refractivity contribution is -0.115. The fourth-order valence-corrected chi connectivity index (χ4v) is 5.67. The molecule has 0 spiro atoms. The van der Waals surface area contributed by atoms with Gasteiger partial charge >= 0.3 is 0 Å². The van der Waals surface area contributed by atoms with Crippen LogP contribution < -0.4 is 11.1 Å². The van der Waals surface area contributed by atoms with Crippen molar-refractivity contribution in [3.63, 3.8) is 0 Å². The highest BCUT2D eigenvalue weighted by atomic mass is 16.3. The van der Waals surface area contributed by atoms with Crippen molar-refractivity contribution in [2.45, 2.75) is 32.8 Å². The molecule has 1 aromatic heterocycles. The fourth-order valence-electron chi connectivity index (χ4n) is 5.67. The molecule has 1 saturated heterocycles. The maximum atomic E-state index is 12.8. The zero-order valence-electron chi connectivity index (χ0n) is 21.6. The maximum Gasteiger partial charge on any atom is 0.252 e. The van der Waals surface area contributed by atoms with Crippen LogP contribution in [0.1, 0.15) is 47.3 Å². The molecule has 2 amide bonds. The summed E-state index contributed by atoms with van der Waals surface area (Å²) in [7, 11) is 0. The topological polar surface area (TPSA) is 108 Å². The van der Waals surface area contributed by atoms with Crippen LogP contribution in [0, 0.1) is 12.8 Å². The third-order valence-electron chi connectivity index (χ3n) is 7.76. The van der Waals surface area contributed by atoms with Crippen LogP contribution >= 0.6 is 0 Å². The zero-order chi connectivity index (χ0) is 26.8. The lowest BCUT2D eigenvalue weighted by Gasteiger charge is -2.17. The minimum atomic E-state index is -1.00. The van der Waals surface area contributed by atoms with E-state index < -0.39 is 11.5 Å². The van der Waals surface area contributed by atoms with Crippen LogP contribution in [0.15, 0.2) is 78.0 Å². The average Bonchev–Trinajstić information content (AvgIpc) is 3.41. The number of H-pyrrole nitrogens is 1. The second kappa shape index (κ2) is 8.57. The van der Waals surface area contributed by atoms with Crippen molar-refractivity contribution >= 4 is 39.7 Å². The molecular weight excluding hydrogens is 474 g/mol. The smallest absolute Gasteiger partial charge is 0.252 e. The number of rotatable bonds is 4. The molecule has 0 bridgehead atoms. The van der Waals surface area contributed by atoms with Crippen molar-refractivity contribution in [2.24, 2.45) is 11.7 Å². The van der Waals surface area contributed by atoms with Crippen LogP contribution in [-0.4, -0.2) is 21.9 Å². The maximum absolute atomic E-state index is 12.8. The number of amides is 2. The highest BCUT2D eigenvalue weighted by Crippen LogP contribution is 2.40. The Labute approximate surface area is 220 Å². The number of aliphatic hydroxyl groups is 1. The van der Waals surface area contributed by atoms with Crippen molar-refractivity contribution in [3.05, 3.63) is 100 Å². The number of allylic oxidation sites excluding steroid dienone is 4. The predicted molar refractivity (Wildman–Crippen MR) is 151 cm³/mol. The first-order valence-electron chi connectivity index (χ1n) is 12.7. The van der Waals surface area contributed by atoms with Crippen molar-refractivity contribution in [3.8, 4) is 11.1 Å². The summed E-state index contributed by atoms with van der Waals surface area (Å²) in [4.78, 5) is 28.5.